The minimum absolute atomic E-state index is 0.172. The van der Waals surface area contributed by atoms with Crippen molar-refractivity contribution in [1.82, 2.24) is 9.80 Å². The number of amides is 1. The molecule has 1 heterocycles. The molecule has 0 aromatic carbocycles. The van der Waals surface area contributed by atoms with E-state index >= 15 is 0 Å². The molecule has 4 nitrogen and oxygen atoms in total. The second kappa shape index (κ2) is 15.5. The second-order valence-corrected chi connectivity index (χ2v) is 4.78. The van der Waals surface area contributed by atoms with Crippen LogP contribution in [0.25, 0.3) is 0 Å². The number of rotatable bonds is 6. The highest BCUT2D eigenvalue weighted by Crippen LogP contribution is 2.07. The molecule has 0 radical (unpaired) electrons. The van der Waals surface area contributed by atoms with Gasteiger partial charge < -0.3 is 9.69 Å². The number of hydrogen-bond acceptors (Lipinski definition) is 3. The fraction of sp³-hybridized carbons (Fsp3) is 0.882. The lowest BCUT2D eigenvalue weighted by Gasteiger charge is -2.34. The summed E-state index contributed by atoms with van der Waals surface area (Å²) in [6.07, 6.45) is 2.92. The Morgan fingerprint density at radius 3 is 1.86 bits per heavy atom. The van der Waals surface area contributed by atoms with E-state index in [0.717, 1.165) is 32.7 Å². The summed E-state index contributed by atoms with van der Waals surface area (Å²) in [4.78, 5) is 27.0. The maximum Gasteiger partial charge on any atom is 0.222 e. The molecular formula is C17H36N2O2. The Balaban J connectivity index is 0. The maximum atomic E-state index is 11.8. The zero-order valence-electron chi connectivity index (χ0n) is 15.1. The highest BCUT2D eigenvalue weighted by Gasteiger charge is 2.19. The molecule has 1 rings (SSSR count). The Hall–Kier alpha value is -0.900. The zero-order chi connectivity index (χ0) is 16.7. The van der Waals surface area contributed by atoms with Gasteiger partial charge in [0.2, 0.25) is 5.91 Å². The van der Waals surface area contributed by atoms with Crippen LogP contribution in [0.5, 0.6) is 0 Å². The van der Waals surface area contributed by atoms with Crippen molar-refractivity contribution in [2.45, 2.75) is 67.2 Å². The molecule has 1 saturated heterocycles. The van der Waals surface area contributed by atoms with Crippen LogP contribution >= 0.6 is 0 Å². The van der Waals surface area contributed by atoms with E-state index in [0.29, 0.717) is 19.3 Å². The van der Waals surface area contributed by atoms with Crippen molar-refractivity contribution in [3.8, 4) is 0 Å². The van der Waals surface area contributed by atoms with E-state index in [1.807, 2.05) is 32.6 Å². The second-order valence-electron chi connectivity index (χ2n) is 4.78. The Morgan fingerprint density at radius 1 is 0.905 bits per heavy atom. The van der Waals surface area contributed by atoms with Gasteiger partial charge in [-0.15, -0.1) is 0 Å². The van der Waals surface area contributed by atoms with Crippen LogP contribution in [-0.4, -0.2) is 54.2 Å². The van der Waals surface area contributed by atoms with Crippen molar-refractivity contribution in [2.75, 3.05) is 32.7 Å². The summed E-state index contributed by atoms with van der Waals surface area (Å²) in [6, 6.07) is 0. The first kappa shape index (κ1) is 22.4. The molecule has 1 aliphatic heterocycles. The predicted octanol–water partition coefficient (Wildman–Crippen LogP) is 3.35. The molecule has 0 aromatic rings. The van der Waals surface area contributed by atoms with Gasteiger partial charge >= 0.3 is 0 Å². The number of carbonyl (C=O) groups is 2. The quantitative estimate of drug-likeness (QED) is 0.755. The van der Waals surface area contributed by atoms with Crippen LogP contribution < -0.4 is 0 Å². The Labute approximate surface area is 131 Å². The van der Waals surface area contributed by atoms with E-state index in [1.54, 1.807) is 6.92 Å². The van der Waals surface area contributed by atoms with Crippen LogP contribution in [0.1, 0.15) is 67.2 Å². The Morgan fingerprint density at radius 2 is 1.43 bits per heavy atom. The summed E-state index contributed by atoms with van der Waals surface area (Å²) in [6.45, 7) is 16.6. The third kappa shape index (κ3) is 11.4. The van der Waals surface area contributed by atoms with Gasteiger partial charge in [0.05, 0.1) is 0 Å². The van der Waals surface area contributed by atoms with Crippen LogP contribution in [0, 0.1) is 0 Å². The molecule has 126 valence electrons. The topological polar surface area (TPSA) is 40.6 Å². The third-order valence-corrected chi connectivity index (χ3v) is 3.18. The first-order chi connectivity index (χ1) is 10.1. The first-order valence-electron chi connectivity index (χ1n) is 8.63. The lowest BCUT2D eigenvalue weighted by molar-refractivity contribution is -0.133. The predicted molar refractivity (Wildman–Crippen MR) is 90.5 cm³/mol. The van der Waals surface area contributed by atoms with E-state index < -0.39 is 0 Å². The minimum Gasteiger partial charge on any atom is -0.340 e. The van der Waals surface area contributed by atoms with Gasteiger partial charge in [0.15, 0.2) is 0 Å². The molecule has 21 heavy (non-hydrogen) atoms. The van der Waals surface area contributed by atoms with Gasteiger partial charge in [-0.05, 0) is 26.3 Å². The summed E-state index contributed by atoms with van der Waals surface area (Å²) in [5, 5.41) is 0. The number of carbonyl (C=O) groups excluding carboxylic acids is 2. The summed E-state index contributed by atoms with van der Waals surface area (Å²) < 4.78 is 0. The standard InChI is InChI=1S/C13H24N2O2.2C2H6/c1-3-7-14-8-10-15(11-9-14)13(17)6-4-5-12(2)16;2*1-2/h3-11H2,1-2H3;2*1-2H3. The van der Waals surface area contributed by atoms with Crippen LogP contribution in [0.4, 0.5) is 0 Å². The number of Topliss-reactive ketones (excluding diaryl/α,β-unsaturated/α-hetero) is 1. The molecular weight excluding hydrogens is 264 g/mol. The molecule has 0 aliphatic carbocycles. The molecule has 0 saturated carbocycles. The SMILES string of the molecule is CC.CC.CCCN1CCN(C(=O)CCCC(C)=O)CC1. The van der Waals surface area contributed by atoms with Gasteiger partial charge in [-0.25, -0.2) is 0 Å². The fourth-order valence-electron chi connectivity index (χ4n) is 2.18. The summed E-state index contributed by atoms with van der Waals surface area (Å²) in [5.74, 6) is 0.382. The highest BCUT2D eigenvalue weighted by atomic mass is 16.2. The van der Waals surface area contributed by atoms with E-state index in [9.17, 15) is 9.59 Å². The van der Waals surface area contributed by atoms with Gasteiger partial charge in [-0.2, -0.15) is 0 Å². The van der Waals surface area contributed by atoms with Gasteiger partial charge in [0.25, 0.3) is 0 Å². The number of ketones is 1. The molecule has 4 heteroatoms. The molecule has 1 fully saturated rings. The van der Waals surface area contributed by atoms with Crippen LogP contribution in [-0.2, 0) is 9.59 Å². The number of hydrogen-bond donors (Lipinski definition) is 0. The maximum absolute atomic E-state index is 11.8. The smallest absolute Gasteiger partial charge is 0.222 e. The molecule has 0 unspecified atom stereocenters. The molecule has 0 spiro atoms. The van der Waals surface area contributed by atoms with Crippen molar-refractivity contribution in [3.63, 3.8) is 0 Å². The average molecular weight is 300 g/mol. The van der Waals surface area contributed by atoms with Crippen molar-refractivity contribution in [1.29, 1.82) is 0 Å². The Bertz CT molecular complexity index is 260. The fourth-order valence-corrected chi connectivity index (χ4v) is 2.18. The molecule has 0 aromatic heterocycles. The van der Waals surface area contributed by atoms with Crippen molar-refractivity contribution >= 4 is 11.7 Å². The lowest BCUT2D eigenvalue weighted by atomic mass is 10.1. The van der Waals surface area contributed by atoms with Crippen LogP contribution in [0.3, 0.4) is 0 Å². The highest BCUT2D eigenvalue weighted by molar-refractivity contribution is 5.78. The minimum atomic E-state index is 0.172. The monoisotopic (exact) mass is 300 g/mol. The van der Waals surface area contributed by atoms with Gasteiger partial charge in [0.1, 0.15) is 5.78 Å². The molecule has 1 aliphatic rings. The Kier molecular flexibility index (Phi) is 16.5. The summed E-state index contributed by atoms with van der Waals surface area (Å²) >= 11 is 0. The number of piperazine rings is 1. The largest absolute Gasteiger partial charge is 0.340 e. The summed E-state index contributed by atoms with van der Waals surface area (Å²) in [7, 11) is 0. The van der Waals surface area contributed by atoms with E-state index in [1.165, 1.54) is 6.42 Å². The van der Waals surface area contributed by atoms with Crippen molar-refractivity contribution < 1.29 is 9.59 Å². The van der Waals surface area contributed by atoms with Crippen molar-refractivity contribution in [3.05, 3.63) is 0 Å². The van der Waals surface area contributed by atoms with Gasteiger partial charge in [-0.3, -0.25) is 9.69 Å². The summed E-state index contributed by atoms with van der Waals surface area (Å²) in [5.41, 5.74) is 0. The van der Waals surface area contributed by atoms with Gasteiger partial charge in [0, 0.05) is 39.0 Å². The van der Waals surface area contributed by atoms with Gasteiger partial charge in [-0.1, -0.05) is 34.6 Å². The lowest BCUT2D eigenvalue weighted by Crippen LogP contribution is -2.48. The molecule has 1 amide bonds. The van der Waals surface area contributed by atoms with Crippen molar-refractivity contribution in [2.24, 2.45) is 0 Å². The molecule has 0 N–H and O–H groups in total. The normalized spacial score (nSPS) is 14.5. The molecule has 0 atom stereocenters. The molecule has 0 bridgehead atoms. The number of nitrogens with zero attached hydrogens (tertiary/aromatic N) is 2. The average Bonchev–Trinajstić information content (AvgIpc) is 2.52. The third-order valence-electron chi connectivity index (χ3n) is 3.18. The van der Waals surface area contributed by atoms with E-state index in [-0.39, 0.29) is 11.7 Å². The van der Waals surface area contributed by atoms with E-state index in [4.69, 9.17) is 0 Å². The zero-order valence-corrected chi connectivity index (χ0v) is 15.1. The van der Waals surface area contributed by atoms with Crippen LogP contribution in [0.2, 0.25) is 0 Å². The van der Waals surface area contributed by atoms with E-state index in [2.05, 4.69) is 11.8 Å². The first-order valence-corrected chi connectivity index (χ1v) is 8.63. The van der Waals surface area contributed by atoms with Crippen LogP contribution in [0.15, 0.2) is 0 Å².